The highest BCUT2D eigenvalue weighted by molar-refractivity contribution is 5.81. The summed E-state index contributed by atoms with van der Waals surface area (Å²) in [5.74, 6) is 2.79. The molecule has 0 amide bonds. The van der Waals surface area contributed by atoms with E-state index in [0.29, 0.717) is 35.5 Å². The summed E-state index contributed by atoms with van der Waals surface area (Å²) < 4.78 is 4.96. The lowest BCUT2D eigenvalue weighted by molar-refractivity contribution is -0.143. The molecular formula is C24H38O4. The summed E-state index contributed by atoms with van der Waals surface area (Å²) in [6, 6.07) is 0. The minimum Gasteiger partial charge on any atom is -0.469 e. The van der Waals surface area contributed by atoms with Crippen molar-refractivity contribution in [2.24, 2.45) is 46.3 Å². The third-order valence-corrected chi connectivity index (χ3v) is 9.91. The molecule has 1 N–H and O–H groups in total. The monoisotopic (exact) mass is 390 g/mol. The van der Waals surface area contributed by atoms with Gasteiger partial charge in [-0.25, -0.2) is 0 Å². The average molecular weight is 391 g/mol. The number of hydrogen-bond acceptors (Lipinski definition) is 4. The highest BCUT2D eigenvalue weighted by atomic mass is 16.5. The molecule has 0 saturated heterocycles. The molecule has 0 bridgehead atoms. The van der Waals surface area contributed by atoms with Crippen molar-refractivity contribution >= 4 is 11.8 Å². The van der Waals surface area contributed by atoms with Crippen molar-refractivity contribution < 1.29 is 19.4 Å². The minimum atomic E-state index is -0.174. The smallest absolute Gasteiger partial charge is 0.305 e. The number of fused-ring (bicyclic) bond motifs is 5. The van der Waals surface area contributed by atoms with Gasteiger partial charge in [-0.05, 0) is 98.7 Å². The molecule has 4 rings (SSSR count). The normalized spacial score (nSPS) is 50.2. The molecule has 4 heteroatoms. The Morgan fingerprint density at radius 3 is 2.39 bits per heavy atom. The van der Waals surface area contributed by atoms with Crippen molar-refractivity contribution in [2.75, 3.05) is 7.11 Å². The number of carbonyl (C=O) groups is 2. The van der Waals surface area contributed by atoms with E-state index in [-0.39, 0.29) is 35.1 Å². The third kappa shape index (κ3) is 2.97. The van der Waals surface area contributed by atoms with Gasteiger partial charge in [0.25, 0.3) is 0 Å². The Morgan fingerprint density at radius 2 is 1.71 bits per heavy atom. The first kappa shape index (κ1) is 20.4. The number of methoxy groups -OCH3 is 1. The minimum absolute atomic E-state index is 0.00347. The number of Topliss-reactive ketones (excluding diaryl/α,β-unsaturated/α-hetero) is 1. The van der Waals surface area contributed by atoms with E-state index >= 15 is 0 Å². The van der Waals surface area contributed by atoms with Gasteiger partial charge in [-0.3, -0.25) is 9.59 Å². The average Bonchev–Trinajstić information content (AvgIpc) is 2.94. The predicted molar refractivity (Wildman–Crippen MR) is 107 cm³/mol. The zero-order chi connectivity index (χ0) is 20.3. The largest absolute Gasteiger partial charge is 0.469 e. The molecule has 158 valence electrons. The van der Waals surface area contributed by atoms with Gasteiger partial charge < -0.3 is 9.84 Å². The quantitative estimate of drug-likeness (QED) is 0.726. The van der Waals surface area contributed by atoms with Crippen molar-refractivity contribution in [3.8, 4) is 0 Å². The second-order valence-corrected chi connectivity index (χ2v) is 11.0. The van der Waals surface area contributed by atoms with Gasteiger partial charge >= 0.3 is 5.97 Å². The molecule has 0 aromatic carbocycles. The molecule has 0 heterocycles. The van der Waals surface area contributed by atoms with Crippen LogP contribution >= 0.6 is 0 Å². The molecule has 4 fully saturated rings. The van der Waals surface area contributed by atoms with Gasteiger partial charge in [-0.15, -0.1) is 0 Å². The Kier molecular flexibility index (Phi) is 5.17. The molecule has 0 aromatic heterocycles. The summed E-state index contributed by atoms with van der Waals surface area (Å²) in [5, 5.41) is 10.2. The van der Waals surface area contributed by atoms with E-state index in [1.165, 1.54) is 26.4 Å². The SMILES string of the molecule is COC(=O)C[C@@H]1C[C@H]2[C@@H]3CC[C@H]4C[C@@H](O)CC[C@]4(C)[C@H]3CC[C@]2(C)[C@H]1C(C)=O. The molecule has 28 heavy (non-hydrogen) atoms. The van der Waals surface area contributed by atoms with Crippen molar-refractivity contribution in [3.63, 3.8) is 0 Å². The first-order chi connectivity index (χ1) is 13.2. The van der Waals surface area contributed by atoms with E-state index in [9.17, 15) is 14.7 Å². The Bertz CT molecular complexity index is 645. The fourth-order valence-corrected chi connectivity index (χ4v) is 8.71. The van der Waals surface area contributed by atoms with E-state index in [0.717, 1.165) is 32.1 Å². The third-order valence-electron chi connectivity index (χ3n) is 9.91. The van der Waals surface area contributed by atoms with Crippen LogP contribution in [0.25, 0.3) is 0 Å². The molecule has 0 radical (unpaired) electrons. The van der Waals surface area contributed by atoms with Crippen LogP contribution in [0.3, 0.4) is 0 Å². The van der Waals surface area contributed by atoms with Crippen molar-refractivity contribution in [1.29, 1.82) is 0 Å². The van der Waals surface area contributed by atoms with Crippen molar-refractivity contribution in [2.45, 2.75) is 84.7 Å². The lowest BCUT2D eigenvalue weighted by Crippen LogP contribution is -2.54. The fourth-order valence-electron chi connectivity index (χ4n) is 8.71. The van der Waals surface area contributed by atoms with Gasteiger partial charge in [0, 0.05) is 12.3 Å². The summed E-state index contributed by atoms with van der Waals surface area (Å²) in [4.78, 5) is 24.7. The first-order valence-corrected chi connectivity index (χ1v) is 11.5. The summed E-state index contributed by atoms with van der Waals surface area (Å²) in [5.41, 5.74) is 0.374. The Balaban J connectivity index is 1.62. The maximum atomic E-state index is 12.7. The molecule has 9 atom stereocenters. The zero-order valence-electron chi connectivity index (χ0n) is 18.1. The highest BCUT2D eigenvalue weighted by Crippen LogP contribution is 2.68. The van der Waals surface area contributed by atoms with Gasteiger partial charge in [0.05, 0.1) is 13.2 Å². The van der Waals surface area contributed by atoms with E-state index in [2.05, 4.69) is 13.8 Å². The summed E-state index contributed by atoms with van der Waals surface area (Å²) >= 11 is 0. The fraction of sp³-hybridized carbons (Fsp3) is 0.917. The first-order valence-electron chi connectivity index (χ1n) is 11.5. The summed E-state index contributed by atoms with van der Waals surface area (Å²) in [7, 11) is 1.45. The molecule has 4 saturated carbocycles. The van der Waals surface area contributed by atoms with Gasteiger partial charge in [-0.1, -0.05) is 13.8 Å². The van der Waals surface area contributed by atoms with Crippen LogP contribution in [-0.2, 0) is 14.3 Å². The molecule has 4 aliphatic carbocycles. The molecule has 0 aliphatic heterocycles. The lowest BCUT2D eigenvalue weighted by atomic mass is 9.44. The molecule has 0 spiro atoms. The Morgan fingerprint density at radius 1 is 1.00 bits per heavy atom. The van der Waals surface area contributed by atoms with Crippen LogP contribution in [0.4, 0.5) is 0 Å². The number of aliphatic hydroxyl groups is 1. The number of ether oxygens (including phenoxy) is 1. The summed E-state index contributed by atoms with van der Waals surface area (Å²) in [6.07, 6.45) is 9.09. The van der Waals surface area contributed by atoms with E-state index in [4.69, 9.17) is 4.74 Å². The second kappa shape index (κ2) is 7.11. The lowest BCUT2D eigenvalue weighted by Gasteiger charge is -2.60. The van der Waals surface area contributed by atoms with Crippen molar-refractivity contribution in [3.05, 3.63) is 0 Å². The van der Waals surface area contributed by atoms with Gasteiger partial charge in [0.2, 0.25) is 0 Å². The molecule has 0 aromatic rings. The van der Waals surface area contributed by atoms with Crippen LogP contribution in [0, 0.1) is 46.3 Å². The van der Waals surface area contributed by atoms with E-state index in [1.807, 2.05) is 0 Å². The molecule has 4 aliphatic rings. The maximum Gasteiger partial charge on any atom is 0.305 e. The second-order valence-electron chi connectivity index (χ2n) is 11.0. The number of rotatable bonds is 3. The number of aliphatic hydroxyl groups excluding tert-OH is 1. The van der Waals surface area contributed by atoms with Crippen LogP contribution in [0.1, 0.15) is 78.6 Å². The van der Waals surface area contributed by atoms with Gasteiger partial charge in [-0.2, -0.15) is 0 Å². The van der Waals surface area contributed by atoms with E-state index in [1.54, 1.807) is 6.92 Å². The number of esters is 1. The van der Waals surface area contributed by atoms with Crippen LogP contribution in [0.15, 0.2) is 0 Å². The number of ketones is 1. The molecular weight excluding hydrogens is 352 g/mol. The Labute approximate surface area is 169 Å². The van der Waals surface area contributed by atoms with Crippen LogP contribution in [-0.4, -0.2) is 30.1 Å². The Hall–Kier alpha value is -0.900. The summed E-state index contributed by atoms with van der Waals surface area (Å²) in [6.45, 7) is 6.57. The number of carbonyl (C=O) groups excluding carboxylic acids is 2. The van der Waals surface area contributed by atoms with Crippen LogP contribution < -0.4 is 0 Å². The maximum absolute atomic E-state index is 12.7. The molecule has 4 nitrogen and oxygen atoms in total. The zero-order valence-corrected chi connectivity index (χ0v) is 18.1. The van der Waals surface area contributed by atoms with Crippen molar-refractivity contribution in [1.82, 2.24) is 0 Å². The highest BCUT2D eigenvalue weighted by Gasteiger charge is 2.63. The number of hydrogen-bond donors (Lipinski definition) is 1. The molecule has 0 unspecified atom stereocenters. The topological polar surface area (TPSA) is 63.6 Å². The van der Waals surface area contributed by atoms with E-state index < -0.39 is 0 Å². The van der Waals surface area contributed by atoms with Crippen LogP contribution in [0.5, 0.6) is 0 Å². The van der Waals surface area contributed by atoms with Gasteiger partial charge in [0.1, 0.15) is 5.78 Å². The van der Waals surface area contributed by atoms with Gasteiger partial charge in [0.15, 0.2) is 0 Å². The van der Waals surface area contributed by atoms with Crippen LogP contribution in [0.2, 0.25) is 0 Å². The standard InChI is InChI=1S/C24H38O4/c1-14(25)22-15(12-21(27)28-4)11-20-18-6-5-16-13-17(26)7-9-23(16,2)19(18)8-10-24(20,22)3/h15-20,22,26H,5-13H2,1-4H3/t15-,16-,17-,18+,19-,20-,22-,23-,24-/m0/s1. The predicted octanol–water partition coefficient (Wildman–Crippen LogP) is 4.38.